The van der Waals surface area contributed by atoms with Crippen LogP contribution in [0.2, 0.25) is 0 Å². The summed E-state index contributed by atoms with van der Waals surface area (Å²) in [6.45, 7) is 9.50. The Hall–Kier alpha value is -1.14. The van der Waals surface area contributed by atoms with Crippen LogP contribution in [0.1, 0.15) is 53.4 Å². The van der Waals surface area contributed by atoms with Gasteiger partial charge in [0.2, 0.25) is 11.8 Å². The van der Waals surface area contributed by atoms with Crippen LogP contribution in [0.5, 0.6) is 0 Å². The standard InChI is InChI=1S/C20H40N2O4/c1-9-17(26-13-11-15(2)3)14-19(23)22(7)12-10-18(25-8)16(4)20(24)21(5)6/h15-18H,9-14H2,1-8H3. The first-order chi connectivity index (χ1) is 12.1. The van der Waals surface area contributed by atoms with Crippen molar-refractivity contribution in [1.82, 2.24) is 9.80 Å². The Kier molecular flexibility index (Phi) is 12.5. The second-order valence-electron chi connectivity index (χ2n) is 7.69. The van der Waals surface area contributed by atoms with Crippen LogP contribution in [0.15, 0.2) is 0 Å². The third-order valence-corrected chi connectivity index (χ3v) is 4.77. The lowest BCUT2D eigenvalue weighted by atomic mass is 10.00. The van der Waals surface area contributed by atoms with E-state index in [1.165, 1.54) is 0 Å². The molecule has 0 aromatic rings. The lowest BCUT2D eigenvalue weighted by Gasteiger charge is -2.27. The average Bonchev–Trinajstić information content (AvgIpc) is 2.59. The van der Waals surface area contributed by atoms with Crippen molar-refractivity contribution >= 4 is 11.8 Å². The zero-order chi connectivity index (χ0) is 20.3. The highest BCUT2D eigenvalue weighted by Crippen LogP contribution is 2.15. The van der Waals surface area contributed by atoms with Crippen LogP contribution in [-0.2, 0) is 19.1 Å². The molecule has 0 aliphatic rings. The predicted octanol–water partition coefficient (Wildman–Crippen LogP) is 2.81. The van der Waals surface area contributed by atoms with Gasteiger partial charge in [-0.3, -0.25) is 9.59 Å². The number of ether oxygens (including phenoxy) is 2. The lowest BCUT2D eigenvalue weighted by molar-refractivity contribution is -0.137. The van der Waals surface area contributed by atoms with E-state index in [2.05, 4.69) is 13.8 Å². The van der Waals surface area contributed by atoms with Crippen LogP contribution in [0, 0.1) is 11.8 Å². The number of carbonyl (C=O) groups excluding carboxylic acids is 2. The van der Waals surface area contributed by atoms with Gasteiger partial charge >= 0.3 is 0 Å². The van der Waals surface area contributed by atoms with E-state index in [9.17, 15) is 9.59 Å². The maximum Gasteiger partial charge on any atom is 0.227 e. The number of nitrogens with zero attached hydrogens (tertiary/aromatic N) is 2. The zero-order valence-corrected chi connectivity index (χ0v) is 18.1. The molecular weight excluding hydrogens is 332 g/mol. The number of hydrogen-bond acceptors (Lipinski definition) is 4. The number of amides is 2. The summed E-state index contributed by atoms with van der Waals surface area (Å²) in [6.07, 6.45) is 2.63. The first-order valence-corrected chi connectivity index (χ1v) is 9.73. The molecule has 0 fully saturated rings. The highest BCUT2D eigenvalue weighted by molar-refractivity contribution is 5.78. The SMILES string of the molecule is CCC(CC(=O)N(C)CCC(OC)C(C)C(=O)N(C)C)OCCC(C)C. The predicted molar refractivity (Wildman–Crippen MR) is 105 cm³/mol. The normalized spacial score (nSPS) is 14.8. The molecule has 0 rings (SSSR count). The summed E-state index contributed by atoms with van der Waals surface area (Å²) in [7, 11) is 6.90. The van der Waals surface area contributed by atoms with Gasteiger partial charge in [-0.2, -0.15) is 0 Å². The second-order valence-corrected chi connectivity index (χ2v) is 7.69. The van der Waals surface area contributed by atoms with Crippen LogP contribution in [0.25, 0.3) is 0 Å². The quantitative estimate of drug-likeness (QED) is 0.499. The van der Waals surface area contributed by atoms with Crippen LogP contribution >= 0.6 is 0 Å². The maximum absolute atomic E-state index is 12.5. The van der Waals surface area contributed by atoms with E-state index >= 15 is 0 Å². The van der Waals surface area contributed by atoms with Gasteiger partial charge in [-0.25, -0.2) is 0 Å². The van der Waals surface area contributed by atoms with Crippen molar-refractivity contribution in [2.24, 2.45) is 11.8 Å². The summed E-state index contributed by atoms with van der Waals surface area (Å²) < 4.78 is 11.3. The number of methoxy groups -OCH3 is 1. The van der Waals surface area contributed by atoms with E-state index < -0.39 is 0 Å². The number of carbonyl (C=O) groups is 2. The molecule has 26 heavy (non-hydrogen) atoms. The van der Waals surface area contributed by atoms with Crippen molar-refractivity contribution < 1.29 is 19.1 Å². The molecule has 0 radical (unpaired) electrons. The molecule has 0 bridgehead atoms. The highest BCUT2D eigenvalue weighted by Gasteiger charge is 2.26. The molecule has 0 saturated carbocycles. The smallest absolute Gasteiger partial charge is 0.227 e. The third kappa shape index (κ3) is 9.53. The molecule has 0 aromatic heterocycles. The van der Waals surface area contributed by atoms with E-state index in [0.29, 0.717) is 31.9 Å². The van der Waals surface area contributed by atoms with Gasteiger partial charge in [-0.15, -0.1) is 0 Å². The summed E-state index contributed by atoms with van der Waals surface area (Å²) >= 11 is 0. The topological polar surface area (TPSA) is 59.1 Å². The van der Waals surface area contributed by atoms with Crippen molar-refractivity contribution in [2.45, 2.75) is 65.6 Å². The van der Waals surface area contributed by atoms with Gasteiger partial charge in [0, 0.05) is 41.4 Å². The van der Waals surface area contributed by atoms with Crippen LogP contribution < -0.4 is 0 Å². The molecule has 2 amide bonds. The first-order valence-electron chi connectivity index (χ1n) is 9.73. The summed E-state index contributed by atoms with van der Waals surface area (Å²) in [5.41, 5.74) is 0. The Morgan fingerprint density at radius 1 is 1.04 bits per heavy atom. The van der Waals surface area contributed by atoms with Crippen LogP contribution in [0.3, 0.4) is 0 Å². The van der Waals surface area contributed by atoms with E-state index in [0.717, 1.165) is 12.8 Å². The average molecular weight is 373 g/mol. The fraction of sp³-hybridized carbons (Fsp3) is 0.900. The molecule has 154 valence electrons. The van der Waals surface area contributed by atoms with E-state index in [1.807, 2.05) is 13.8 Å². The molecular formula is C20H40N2O4. The molecule has 3 atom stereocenters. The minimum atomic E-state index is -0.235. The third-order valence-electron chi connectivity index (χ3n) is 4.77. The Morgan fingerprint density at radius 2 is 1.65 bits per heavy atom. The van der Waals surface area contributed by atoms with E-state index in [1.54, 1.807) is 38.1 Å². The van der Waals surface area contributed by atoms with Crippen LogP contribution in [-0.4, -0.2) is 75.2 Å². The van der Waals surface area contributed by atoms with E-state index in [4.69, 9.17) is 9.47 Å². The van der Waals surface area contributed by atoms with Gasteiger partial charge in [0.05, 0.1) is 24.5 Å². The maximum atomic E-state index is 12.5. The monoisotopic (exact) mass is 372 g/mol. The second kappa shape index (κ2) is 13.1. The molecule has 0 N–H and O–H groups in total. The molecule has 0 aromatic carbocycles. The summed E-state index contributed by atoms with van der Waals surface area (Å²) in [5, 5.41) is 0. The summed E-state index contributed by atoms with van der Waals surface area (Å²) in [6, 6.07) is 0. The fourth-order valence-electron chi connectivity index (χ4n) is 2.73. The largest absolute Gasteiger partial charge is 0.381 e. The molecule has 0 aliphatic carbocycles. The molecule has 6 heteroatoms. The number of rotatable bonds is 13. The van der Waals surface area contributed by atoms with Crippen LogP contribution in [0.4, 0.5) is 0 Å². The first kappa shape index (κ1) is 24.9. The van der Waals surface area contributed by atoms with Gasteiger partial charge < -0.3 is 19.3 Å². The van der Waals surface area contributed by atoms with Gasteiger partial charge in [-0.1, -0.05) is 27.7 Å². The van der Waals surface area contributed by atoms with Crippen molar-refractivity contribution in [3.8, 4) is 0 Å². The van der Waals surface area contributed by atoms with Crippen molar-refractivity contribution in [1.29, 1.82) is 0 Å². The van der Waals surface area contributed by atoms with E-state index in [-0.39, 0.29) is 29.9 Å². The zero-order valence-electron chi connectivity index (χ0n) is 18.1. The summed E-state index contributed by atoms with van der Waals surface area (Å²) in [4.78, 5) is 27.8. The van der Waals surface area contributed by atoms with Crippen molar-refractivity contribution in [3.63, 3.8) is 0 Å². The molecule has 0 heterocycles. The minimum absolute atomic E-state index is 0.0313. The Morgan fingerprint density at radius 3 is 2.12 bits per heavy atom. The van der Waals surface area contributed by atoms with Crippen molar-refractivity contribution in [3.05, 3.63) is 0 Å². The summed E-state index contributed by atoms with van der Waals surface area (Å²) in [5.74, 6) is 0.475. The Bertz CT molecular complexity index is 413. The van der Waals surface area contributed by atoms with Gasteiger partial charge in [0.25, 0.3) is 0 Å². The minimum Gasteiger partial charge on any atom is -0.381 e. The molecule has 6 nitrogen and oxygen atoms in total. The number of hydrogen-bond donors (Lipinski definition) is 0. The fourth-order valence-corrected chi connectivity index (χ4v) is 2.73. The highest BCUT2D eigenvalue weighted by atomic mass is 16.5. The van der Waals surface area contributed by atoms with Gasteiger partial charge in [0.1, 0.15) is 0 Å². The molecule has 0 saturated heterocycles. The lowest BCUT2D eigenvalue weighted by Crippen LogP contribution is -2.39. The Labute approximate surface area is 160 Å². The molecule has 0 aliphatic heterocycles. The Balaban J connectivity index is 4.43. The molecule has 0 spiro atoms. The van der Waals surface area contributed by atoms with Gasteiger partial charge in [0.15, 0.2) is 0 Å². The van der Waals surface area contributed by atoms with Gasteiger partial charge in [-0.05, 0) is 25.2 Å². The van der Waals surface area contributed by atoms with Crippen molar-refractivity contribution in [2.75, 3.05) is 41.4 Å². The molecule has 3 unspecified atom stereocenters.